The molecule has 262 valence electrons. The smallest absolute Gasteiger partial charge is 0.0101 e. The van der Waals surface area contributed by atoms with Gasteiger partial charge in [0, 0.05) is 24.2 Å². The van der Waals surface area contributed by atoms with E-state index in [-0.39, 0.29) is 0 Å². The molecule has 0 saturated heterocycles. The minimum Gasteiger partial charge on any atom is -0.328 e. The van der Waals surface area contributed by atoms with Crippen LogP contribution in [0.25, 0.3) is 0 Å². The summed E-state index contributed by atoms with van der Waals surface area (Å²) in [5.74, 6) is 10.8. The number of nitrogens with zero attached hydrogens (tertiary/aromatic N) is 1. The minimum absolute atomic E-state index is 0.511. The van der Waals surface area contributed by atoms with Crippen LogP contribution in [0.1, 0.15) is 193 Å². The van der Waals surface area contributed by atoms with Crippen LogP contribution < -0.4 is 5.73 Å². The Morgan fingerprint density at radius 2 is 0.587 bits per heavy atom. The van der Waals surface area contributed by atoms with E-state index in [1.807, 2.05) is 0 Å². The summed E-state index contributed by atoms with van der Waals surface area (Å²) in [5.41, 5.74) is 6.32. The fourth-order valence-electron chi connectivity index (χ4n) is 15.4. The van der Waals surface area contributed by atoms with Gasteiger partial charge in [-0.1, -0.05) is 64.2 Å². The molecule has 8 rings (SSSR count). The topological polar surface area (TPSA) is 29.3 Å². The summed E-state index contributed by atoms with van der Waals surface area (Å²) in [7, 11) is 0. The van der Waals surface area contributed by atoms with Gasteiger partial charge < -0.3 is 5.73 Å². The van der Waals surface area contributed by atoms with Crippen LogP contribution in [0.3, 0.4) is 0 Å². The van der Waals surface area contributed by atoms with Crippen LogP contribution in [0, 0.1) is 59.2 Å². The molecule has 0 aromatic rings. The maximum Gasteiger partial charge on any atom is 0.0101 e. The van der Waals surface area contributed by atoms with Gasteiger partial charge in [-0.25, -0.2) is 0 Å². The van der Waals surface area contributed by atoms with Crippen LogP contribution in [0.5, 0.6) is 0 Å². The monoisotopic (exact) mass is 633 g/mol. The lowest BCUT2D eigenvalue weighted by molar-refractivity contribution is -0.117. The van der Waals surface area contributed by atoms with Crippen molar-refractivity contribution in [3.8, 4) is 0 Å². The first kappa shape index (κ1) is 33.1. The second-order valence-corrected chi connectivity index (χ2v) is 19.3. The number of hydrogen-bond donors (Lipinski definition) is 1. The molecule has 8 aliphatic carbocycles. The Balaban J connectivity index is 0.955. The fraction of sp³-hybridized carbons (Fsp3) is 1.00. The van der Waals surface area contributed by atoms with E-state index in [0.29, 0.717) is 6.04 Å². The fourth-order valence-corrected chi connectivity index (χ4v) is 15.4. The number of nitrogens with two attached hydrogens (primary N) is 1. The average Bonchev–Trinajstić information content (AvgIpc) is 3.12. The van der Waals surface area contributed by atoms with E-state index in [2.05, 4.69) is 4.90 Å². The van der Waals surface area contributed by atoms with Crippen molar-refractivity contribution in [1.82, 2.24) is 4.90 Å². The zero-order valence-electron chi connectivity index (χ0n) is 30.3. The van der Waals surface area contributed by atoms with Gasteiger partial charge in [0.1, 0.15) is 0 Å². The summed E-state index contributed by atoms with van der Waals surface area (Å²) in [6.07, 6.45) is 46.0. The SMILES string of the molecule is NC1CCC(C2CCC(C3C4CCCCC4C(C4CCC(N(C5CCCCC5)C5CCCCC5)CC4)C4CCCCC43)CC2)CC1. The number of rotatable bonds is 6. The third-order valence-electron chi connectivity index (χ3n) is 17.3. The molecule has 4 atom stereocenters. The Morgan fingerprint density at radius 3 is 1.00 bits per heavy atom. The molecule has 8 aliphatic rings. The van der Waals surface area contributed by atoms with Crippen LogP contribution in [0.15, 0.2) is 0 Å². The molecular weight excluding hydrogens is 556 g/mol. The van der Waals surface area contributed by atoms with Crippen molar-refractivity contribution >= 4 is 0 Å². The Morgan fingerprint density at radius 1 is 0.283 bits per heavy atom. The average molecular weight is 633 g/mol. The van der Waals surface area contributed by atoms with E-state index in [1.54, 1.807) is 103 Å². The highest BCUT2D eigenvalue weighted by atomic mass is 15.2. The van der Waals surface area contributed by atoms with E-state index in [9.17, 15) is 0 Å². The predicted molar refractivity (Wildman–Crippen MR) is 195 cm³/mol. The molecule has 0 radical (unpaired) electrons. The highest BCUT2D eigenvalue weighted by molar-refractivity contribution is 5.04. The quantitative estimate of drug-likeness (QED) is 0.316. The first-order valence-corrected chi connectivity index (χ1v) is 22.3. The van der Waals surface area contributed by atoms with Crippen molar-refractivity contribution in [2.75, 3.05) is 0 Å². The summed E-state index contributed by atoms with van der Waals surface area (Å²) in [6.45, 7) is 0. The van der Waals surface area contributed by atoms with Crippen molar-refractivity contribution < 1.29 is 0 Å². The molecule has 2 nitrogen and oxygen atoms in total. The van der Waals surface area contributed by atoms with Crippen LogP contribution in [0.4, 0.5) is 0 Å². The van der Waals surface area contributed by atoms with E-state index in [4.69, 9.17) is 5.73 Å². The lowest BCUT2D eigenvalue weighted by Gasteiger charge is -2.61. The zero-order valence-corrected chi connectivity index (χ0v) is 30.3. The molecule has 0 aromatic carbocycles. The van der Waals surface area contributed by atoms with Gasteiger partial charge in [0.25, 0.3) is 0 Å². The van der Waals surface area contributed by atoms with E-state index in [1.165, 1.54) is 89.9 Å². The molecule has 0 spiro atoms. The van der Waals surface area contributed by atoms with Gasteiger partial charge in [0.15, 0.2) is 0 Å². The lowest BCUT2D eigenvalue weighted by Crippen LogP contribution is -2.55. The minimum atomic E-state index is 0.511. The number of hydrogen-bond acceptors (Lipinski definition) is 2. The molecule has 4 unspecified atom stereocenters. The van der Waals surface area contributed by atoms with Crippen LogP contribution >= 0.6 is 0 Å². The maximum absolute atomic E-state index is 6.32. The first-order chi connectivity index (χ1) is 22.7. The van der Waals surface area contributed by atoms with Crippen LogP contribution in [0.2, 0.25) is 0 Å². The molecule has 8 saturated carbocycles. The van der Waals surface area contributed by atoms with Gasteiger partial charge in [-0.3, -0.25) is 4.90 Å². The lowest BCUT2D eigenvalue weighted by atomic mass is 9.45. The predicted octanol–water partition coefficient (Wildman–Crippen LogP) is 11.7. The van der Waals surface area contributed by atoms with Crippen molar-refractivity contribution in [3.05, 3.63) is 0 Å². The third kappa shape index (κ3) is 6.95. The Kier molecular flexibility index (Phi) is 11.1. The normalized spacial score (nSPS) is 46.8. The standard InChI is InChI=1S/C44H76N2/c45-35-27-23-32(24-28-35)31-19-21-33(22-20-31)43-39-15-7-9-17-41(39)44(42-18-10-8-16-40(42)43)34-25-29-38(30-26-34)46(36-11-3-1-4-12-36)37-13-5-2-6-14-37/h31-44H,1-30,45H2. The summed E-state index contributed by atoms with van der Waals surface area (Å²) in [5, 5.41) is 0. The van der Waals surface area contributed by atoms with Crippen molar-refractivity contribution in [2.45, 2.75) is 217 Å². The van der Waals surface area contributed by atoms with E-state index in [0.717, 1.165) is 77.3 Å². The van der Waals surface area contributed by atoms with Gasteiger partial charge in [0.2, 0.25) is 0 Å². The molecule has 0 amide bonds. The number of fused-ring (bicyclic) bond motifs is 2. The summed E-state index contributed by atoms with van der Waals surface area (Å²) < 4.78 is 0. The summed E-state index contributed by atoms with van der Waals surface area (Å²) in [4.78, 5) is 3.25. The molecule has 46 heavy (non-hydrogen) atoms. The van der Waals surface area contributed by atoms with Crippen molar-refractivity contribution in [3.63, 3.8) is 0 Å². The Bertz CT molecular complexity index is 868. The molecule has 8 fully saturated rings. The third-order valence-corrected chi connectivity index (χ3v) is 17.3. The largest absolute Gasteiger partial charge is 0.328 e. The van der Waals surface area contributed by atoms with Crippen LogP contribution in [-0.4, -0.2) is 29.1 Å². The molecule has 0 heterocycles. The maximum atomic E-state index is 6.32. The second-order valence-electron chi connectivity index (χ2n) is 19.3. The summed E-state index contributed by atoms with van der Waals surface area (Å²) in [6, 6.07) is 3.31. The van der Waals surface area contributed by atoms with Gasteiger partial charge in [-0.2, -0.15) is 0 Å². The highest BCUT2D eigenvalue weighted by Gasteiger charge is 2.55. The van der Waals surface area contributed by atoms with Gasteiger partial charge in [0.05, 0.1) is 0 Å². The van der Waals surface area contributed by atoms with Crippen LogP contribution in [-0.2, 0) is 0 Å². The molecule has 2 N–H and O–H groups in total. The van der Waals surface area contributed by atoms with Gasteiger partial charge in [-0.15, -0.1) is 0 Å². The summed E-state index contributed by atoms with van der Waals surface area (Å²) >= 11 is 0. The first-order valence-electron chi connectivity index (χ1n) is 22.3. The zero-order chi connectivity index (χ0) is 30.9. The molecule has 0 aromatic heterocycles. The van der Waals surface area contributed by atoms with Gasteiger partial charge in [-0.05, 0) is 188 Å². The highest BCUT2D eigenvalue weighted by Crippen LogP contribution is 2.62. The molecule has 0 bridgehead atoms. The molecule has 2 heteroatoms. The Labute approximate surface area is 285 Å². The molecular formula is C44H76N2. The van der Waals surface area contributed by atoms with Gasteiger partial charge >= 0.3 is 0 Å². The van der Waals surface area contributed by atoms with E-state index < -0.39 is 0 Å². The van der Waals surface area contributed by atoms with E-state index >= 15 is 0 Å². The Hall–Kier alpha value is -0.0800. The molecule has 0 aliphatic heterocycles. The van der Waals surface area contributed by atoms with Crippen molar-refractivity contribution in [1.29, 1.82) is 0 Å². The van der Waals surface area contributed by atoms with Crippen molar-refractivity contribution in [2.24, 2.45) is 64.9 Å². The second kappa shape index (κ2) is 15.4.